The summed E-state index contributed by atoms with van der Waals surface area (Å²) < 4.78 is 5.74. The molecule has 0 bridgehead atoms. The van der Waals surface area contributed by atoms with Crippen molar-refractivity contribution in [3.8, 4) is 0 Å². The minimum atomic E-state index is -0.00624. The summed E-state index contributed by atoms with van der Waals surface area (Å²) in [5.74, 6) is 0.0305. The van der Waals surface area contributed by atoms with Gasteiger partial charge in [0.25, 0.3) is 5.91 Å². The Kier molecular flexibility index (Phi) is 4.20. The van der Waals surface area contributed by atoms with Crippen molar-refractivity contribution in [1.82, 2.24) is 29.1 Å². The molecule has 1 aliphatic heterocycles. The molecule has 8 heteroatoms. The Labute approximate surface area is 149 Å². The third kappa shape index (κ3) is 2.90. The number of likely N-dealkylation sites (tertiary alicyclic amines) is 1. The number of amides is 1. The Morgan fingerprint density at radius 3 is 3.12 bits per heavy atom. The summed E-state index contributed by atoms with van der Waals surface area (Å²) in [7, 11) is 0. The van der Waals surface area contributed by atoms with Crippen LogP contribution in [-0.4, -0.2) is 41.5 Å². The first-order chi connectivity index (χ1) is 12.2. The summed E-state index contributed by atoms with van der Waals surface area (Å²) in [6, 6.07) is 3.93. The standard InChI is InChI=1S/C17H20N6OS/c1-3-12-16(25-21-19-12)17(24)22-8-5-4-6-14(22)13-7-9-23-15(18-13)10-11(2)20-23/h7,9-10,14H,3-6,8H2,1-2H3/t14-/m1/s1. The molecule has 3 aromatic heterocycles. The number of carbonyl (C=O) groups is 1. The molecule has 4 heterocycles. The molecule has 3 aromatic rings. The van der Waals surface area contributed by atoms with Crippen molar-refractivity contribution in [2.24, 2.45) is 0 Å². The van der Waals surface area contributed by atoms with Gasteiger partial charge in [0.05, 0.1) is 23.1 Å². The molecule has 0 spiro atoms. The average Bonchev–Trinajstić information content (AvgIpc) is 3.25. The van der Waals surface area contributed by atoms with Gasteiger partial charge in [-0.15, -0.1) is 5.10 Å². The van der Waals surface area contributed by atoms with Crippen LogP contribution >= 0.6 is 11.5 Å². The summed E-state index contributed by atoms with van der Waals surface area (Å²) in [5.41, 5.74) is 3.47. The first-order valence-corrected chi connectivity index (χ1v) is 9.40. The molecular weight excluding hydrogens is 336 g/mol. The first kappa shape index (κ1) is 16.1. The maximum Gasteiger partial charge on any atom is 0.268 e. The van der Waals surface area contributed by atoms with Crippen LogP contribution < -0.4 is 0 Å². The number of aromatic nitrogens is 5. The van der Waals surface area contributed by atoms with Gasteiger partial charge in [-0.25, -0.2) is 9.50 Å². The van der Waals surface area contributed by atoms with E-state index in [0.717, 1.165) is 55.0 Å². The smallest absolute Gasteiger partial charge is 0.268 e. The van der Waals surface area contributed by atoms with Gasteiger partial charge in [0.15, 0.2) is 5.65 Å². The van der Waals surface area contributed by atoms with E-state index < -0.39 is 0 Å². The van der Waals surface area contributed by atoms with Crippen LogP contribution in [-0.2, 0) is 6.42 Å². The highest BCUT2D eigenvalue weighted by Gasteiger charge is 2.32. The van der Waals surface area contributed by atoms with Crippen molar-refractivity contribution in [1.29, 1.82) is 0 Å². The van der Waals surface area contributed by atoms with Crippen LogP contribution in [0.2, 0.25) is 0 Å². The monoisotopic (exact) mass is 356 g/mol. The molecule has 0 unspecified atom stereocenters. The molecule has 0 radical (unpaired) electrons. The highest BCUT2D eigenvalue weighted by Crippen LogP contribution is 2.32. The predicted octanol–water partition coefficient (Wildman–Crippen LogP) is 2.82. The molecule has 1 fully saturated rings. The molecule has 7 nitrogen and oxygen atoms in total. The SMILES string of the molecule is CCc1nnsc1C(=O)N1CCCC[C@@H]1c1ccn2nc(C)cc2n1. The zero-order valence-electron chi connectivity index (χ0n) is 14.3. The van der Waals surface area contributed by atoms with Crippen molar-refractivity contribution in [3.05, 3.63) is 40.3 Å². The number of hydrogen-bond donors (Lipinski definition) is 0. The van der Waals surface area contributed by atoms with Crippen molar-refractivity contribution >= 4 is 23.1 Å². The quantitative estimate of drug-likeness (QED) is 0.721. The van der Waals surface area contributed by atoms with Crippen molar-refractivity contribution in [3.63, 3.8) is 0 Å². The topological polar surface area (TPSA) is 76.3 Å². The van der Waals surface area contributed by atoms with Gasteiger partial charge >= 0.3 is 0 Å². The molecule has 1 saturated heterocycles. The molecule has 0 saturated carbocycles. The van der Waals surface area contributed by atoms with E-state index in [9.17, 15) is 4.79 Å². The third-order valence-corrected chi connectivity index (χ3v) is 5.41. The lowest BCUT2D eigenvalue weighted by Gasteiger charge is -2.35. The molecular formula is C17H20N6OS. The van der Waals surface area contributed by atoms with Crippen LogP contribution in [0.15, 0.2) is 18.3 Å². The van der Waals surface area contributed by atoms with Crippen molar-refractivity contribution in [2.45, 2.75) is 45.6 Å². The Hall–Kier alpha value is -2.35. The van der Waals surface area contributed by atoms with Crippen molar-refractivity contribution < 1.29 is 4.79 Å². The average molecular weight is 356 g/mol. The van der Waals surface area contributed by atoms with Gasteiger partial charge < -0.3 is 4.90 Å². The number of nitrogens with zero attached hydrogens (tertiary/aromatic N) is 6. The fourth-order valence-corrected chi connectivity index (χ4v) is 4.12. The zero-order chi connectivity index (χ0) is 17.4. The second kappa shape index (κ2) is 6.51. The van der Waals surface area contributed by atoms with E-state index in [1.54, 1.807) is 4.52 Å². The predicted molar refractivity (Wildman–Crippen MR) is 94.6 cm³/mol. The van der Waals surface area contributed by atoms with E-state index >= 15 is 0 Å². The minimum absolute atomic E-state index is 0.00624. The second-order valence-corrected chi connectivity index (χ2v) is 7.11. The maximum atomic E-state index is 13.1. The van der Waals surface area contributed by atoms with Gasteiger partial charge in [-0.1, -0.05) is 11.4 Å². The Balaban J connectivity index is 1.69. The second-order valence-electron chi connectivity index (χ2n) is 6.35. The summed E-state index contributed by atoms with van der Waals surface area (Å²) >= 11 is 1.19. The van der Waals surface area contributed by atoms with Crippen LogP contribution in [0.3, 0.4) is 0 Å². The lowest BCUT2D eigenvalue weighted by atomic mass is 9.98. The Morgan fingerprint density at radius 1 is 1.40 bits per heavy atom. The van der Waals surface area contributed by atoms with Crippen LogP contribution in [0, 0.1) is 6.92 Å². The molecule has 0 N–H and O–H groups in total. The van der Waals surface area contributed by atoms with E-state index in [-0.39, 0.29) is 11.9 Å². The fraction of sp³-hybridized carbons (Fsp3) is 0.471. The van der Waals surface area contributed by atoms with Gasteiger partial charge in [-0.3, -0.25) is 4.79 Å². The zero-order valence-corrected chi connectivity index (χ0v) is 15.2. The number of piperidine rings is 1. The number of carbonyl (C=O) groups excluding carboxylic acids is 1. The van der Waals surface area contributed by atoms with Crippen LogP contribution in [0.1, 0.15) is 59.0 Å². The number of rotatable bonds is 3. The van der Waals surface area contributed by atoms with Gasteiger partial charge in [-0.2, -0.15) is 5.10 Å². The van der Waals surface area contributed by atoms with Crippen LogP contribution in [0.5, 0.6) is 0 Å². The summed E-state index contributed by atoms with van der Waals surface area (Å²) in [6.07, 6.45) is 5.68. The number of aryl methyl sites for hydroxylation is 2. The molecule has 1 amide bonds. The third-order valence-electron chi connectivity index (χ3n) is 4.66. The molecule has 0 aliphatic carbocycles. The van der Waals surface area contributed by atoms with E-state index in [0.29, 0.717) is 4.88 Å². The van der Waals surface area contributed by atoms with Crippen LogP contribution in [0.25, 0.3) is 5.65 Å². The van der Waals surface area contributed by atoms with Gasteiger partial charge in [0, 0.05) is 18.8 Å². The Bertz CT molecular complexity index is 917. The molecule has 1 atom stereocenters. The van der Waals surface area contributed by atoms with Gasteiger partial charge in [0.2, 0.25) is 0 Å². The molecule has 1 aliphatic rings. The molecule has 130 valence electrons. The summed E-state index contributed by atoms with van der Waals surface area (Å²) in [4.78, 5) is 20.5. The highest BCUT2D eigenvalue weighted by atomic mass is 32.1. The van der Waals surface area contributed by atoms with E-state index in [2.05, 4.69) is 14.7 Å². The lowest BCUT2D eigenvalue weighted by molar-refractivity contribution is 0.0610. The van der Waals surface area contributed by atoms with E-state index in [1.165, 1.54) is 11.5 Å². The van der Waals surface area contributed by atoms with E-state index in [1.807, 2.05) is 37.1 Å². The van der Waals surface area contributed by atoms with Crippen LogP contribution in [0.4, 0.5) is 0 Å². The van der Waals surface area contributed by atoms with E-state index in [4.69, 9.17) is 4.98 Å². The molecule has 4 rings (SSSR count). The maximum absolute atomic E-state index is 13.1. The molecule has 25 heavy (non-hydrogen) atoms. The summed E-state index contributed by atoms with van der Waals surface area (Å²) in [5, 5.41) is 8.46. The first-order valence-electron chi connectivity index (χ1n) is 8.62. The Morgan fingerprint density at radius 2 is 2.28 bits per heavy atom. The minimum Gasteiger partial charge on any atom is -0.329 e. The summed E-state index contributed by atoms with van der Waals surface area (Å²) in [6.45, 7) is 4.70. The van der Waals surface area contributed by atoms with Crippen molar-refractivity contribution in [2.75, 3.05) is 6.54 Å². The largest absolute Gasteiger partial charge is 0.329 e. The molecule has 0 aromatic carbocycles. The normalized spacial score (nSPS) is 18.0. The lowest BCUT2D eigenvalue weighted by Crippen LogP contribution is -2.39. The highest BCUT2D eigenvalue weighted by molar-refractivity contribution is 7.08. The van der Waals surface area contributed by atoms with Gasteiger partial charge in [-0.05, 0) is 50.2 Å². The fourth-order valence-electron chi connectivity index (χ4n) is 3.41. The number of hydrogen-bond acceptors (Lipinski definition) is 6. The van der Waals surface area contributed by atoms with Gasteiger partial charge in [0.1, 0.15) is 4.88 Å². The number of fused-ring (bicyclic) bond motifs is 1.